The fraction of sp³-hybridized carbons (Fsp3) is 0.417. The summed E-state index contributed by atoms with van der Waals surface area (Å²) < 4.78 is 6.34. The molecule has 1 heterocycles. The van der Waals surface area contributed by atoms with Crippen LogP contribution in [0.5, 0.6) is 5.75 Å². The predicted molar refractivity (Wildman–Crippen MR) is 140 cm³/mol. The Balaban J connectivity index is 0.00000363. The van der Waals surface area contributed by atoms with Crippen LogP contribution in [0.4, 0.5) is 5.13 Å². The maximum absolute atomic E-state index is 13.2. The number of hydrogen-bond acceptors (Lipinski definition) is 6. The molecule has 0 aliphatic carbocycles. The number of para-hydroxylation sites is 1. The number of likely N-dealkylation sites (N-methyl/N-ethyl adjacent to an activating group) is 1. The number of aryl methyl sites for hydroxylation is 1. The zero-order chi connectivity index (χ0) is 22.2. The first-order valence-electron chi connectivity index (χ1n) is 10.7. The zero-order valence-electron chi connectivity index (χ0n) is 19.2. The monoisotopic (exact) mass is 493 g/mol. The van der Waals surface area contributed by atoms with Crippen LogP contribution in [0.25, 0.3) is 10.2 Å². The van der Waals surface area contributed by atoms with Gasteiger partial charge in [-0.3, -0.25) is 9.69 Å². The Morgan fingerprint density at radius 1 is 1.09 bits per heavy atom. The van der Waals surface area contributed by atoms with Crippen molar-refractivity contribution in [2.75, 3.05) is 43.9 Å². The maximum Gasteiger partial charge on any atom is 0.229 e. The number of ether oxygens (including phenoxy) is 1. The van der Waals surface area contributed by atoms with Crippen molar-refractivity contribution in [2.24, 2.45) is 0 Å². The summed E-state index contributed by atoms with van der Waals surface area (Å²) in [5.74, 6) is 1.70. The Bertz CT molecular complexity index is 991. The van der Waals surface area contributed by atoms with Crippen LogP contribution in [0.2, 0.25) is 0 Å². The number of thioether (sulfide) groups is 1. The molecular formula is C24H32ClN3O2S2. The number of nitrogens with zero attached hydrogens (tertiary/aromatic N) is 3. The summed E-state index contributed by atoms with van der Waals surface area (Å²) in [7, 11) is 1.66. The van der Waals surface area contributed by atoms with Gasteiger partial charge in [0.1, 0.15) is 5.75 Å². The van der Waals surface area contributed by atoms with Gasteiger partial charge in [-0.25, -0.2) is 4.98 Å². The molecule has 32 heavy (non-hydrogen) atoms. The number of fused-ring (bicyclic) bond motifs is 1. The number of amides is 1. The second-order valence-electron chi connectivity index (χ2n) is 7.26. The minimum Gasteiger partial charge on any atom is -0.497 e. The molecule has 0 aliphatic rings. The Kier molecular flexibility index (Phi) is 10.8. The number of carbonyl (C=O) groups excluding carboxylic acids is 1. The molecule has 2 aromatic carbocycles. The molecule has 0 aliphatic heterocycles. The van der Waals surface area contributed by atoms with Crippen molar-refractivity contribution in [2.45, 2.75) is 32.1 Å². The summed E-state index contributed by atoms with van der Waals surface area (Å²) in [6.45, 7) is 9.84. The van der Waals surface area contributed by atoms with Gasteiger partial charge < -0.3 is 9.64 Å². The number of rotatable bonds is 11. The third-order valence-corrected chi connectivity index (χ3v) is 7.38. The van der Waals surface area contributed by atoms with E-state index in [9.17, 15) is 4.79 Å². The largest absolute Gasteiger partial charge is 0.497 e. The first-order valence-corrected chi connectivity index (χ1v) is 12.5. The number of benzene rings is 2. The molecule has 174 valence electrons. The van der Waals surface area contributed by atoms with Crippen LogP contribution in [0, 0.1) is 6.92 Å². The van der Waals surface area contributed by atoms with Crippen LogP contribution in [0.1, 0.15) is 25.8 Å². The number of methoxy groups -OCH3 is 1. The van der Waals surface area contributed by atoms with Crippen LogP contribution in [-0.4, -0.2) is 54.8 Å². The van der Waals surface area contributed by atoms with Gasteiger partial charge in [0.05, 0.1) is 17.3 Å². The fourth-order valence-electron chi connectivity index (χ4n) is 3.36. The average Bonchev–Trinajstić information content (AvgIpc) is 3.22. The molecule has 1 amide bonds. The van der Waals surface area contributed by atoms with E-state index in [-0.39, 0.29) is 18.3 Å². The van der Waals surface area contributed by atoms with E-state index in [0.29, 0.717) is 13.0 Å². The molecule has 3 rings (SSSR count). The van der Waals surface area contributed by atoms with Crippen LogP contribution in [0.15, 0.2) is 47.4 Å². The highest BCUT2D eigenvalue weighted by Gasteiger charge is 2.20. The number of anilines is 1. The lowest BCUT2D eigenvalue weighted by Crippen LogP contribution is -2.39. The minimum atomic E-state index is 0. The fourth-order valence-corrected chi connectivity index (χ4v) is 5.29. The normalized spacial score (nSPS) is 10.9. The van der Waals surface area contributed by atoms with Crippen LogP contribution < -0.4 is 9.64 Å². The lowest BCUT2D eigenvalue weighted by molar-refractivity contribution is -0.118. The van der Waals surface area contributed by atoms with E-state index < -0.39 is 0 Å². The Hall–Kier alpha value is -1.80. The van der Waals surface area contributed by atoms with E-state index in [1.165, 1.54) is 0 Å². The molecule has 0 N–H and O–H groups in total. The van der Waals surface area contributed by atoms with Gasteiger partial charge in [0.15, 0.2) is 5.13 Å². The molecular weight excluding hydrogens is 462 g/mol. The topological polar surface area (TPSA) is 45.7 Å². The molecule has 1 aromatic heterocycles. The zero-order valence-corrected chi connectivity index (χ0v) is 21.6. The van der Waals surface area contributed by atoms with E-state index in [1.54, 1.807) is 30.2 Å². The summed E-state index contributed by atoms with van der Waals surface area (Å²) in [4.78, 5) is 23.4. The Morgan fingerprint density at radius 2 is 1.81 bits per heavy atom. The summed E-state index contributed by atoms with van der Waals surface area (Å²) >= 11 is 3.29. The lowest BCUT2D eigenvalue weighted by atomic mass is 10.2. The minimum absolute atomic E-state index is 0. The lowest BCUT2D eigenvalue weighted by Gasteiger charge is -2.24. The molecule has 8 heteroatoms. The van der Waals surface area contributed by atoms with Gasteiger partial charge in [-0.15, -0.1) is 24.2 Å². The molecule has 3 aromatic rings. The van der Waals surface area contributed by atoms with E-state index >= 15 is 0 Å². The molecule has 0 saturated heterocycles. The van der Waals surface area contributed by atoms with Crippen LogP contribution in [-0.2, 0) is 4.79 Å². The maximum atomic E-state index is 13.2. The molecule has 0 unspecified atom stereocenters. The second-order valence-corrected chi connectivity index (χ2v) is 9.44. The molecule has 0 bridgehead atoms. The highest BCUT2D eigenvalue weighted by atomic mass is 35.5. The van der Waals surface area contributed by atoms with Gasteiger partial charge >= 0.3 is 0 Å². The van der Waals surface area contributed by atoms with Gasteiger partial charge in [0.25, 0.3) is 0 Å². The van der Waals surface area contributed by atoms with Crippen LogP contribution >= 0.6 is 35.5 Å². The average molecular weight is 494 g/mol. The third kappa shape index (κ3) is 6.85. The van der Waals surface area contributed by atoms with Crippen molar-refractivity contribution in [3.05, 3.63) is 48.0 Å². The molecule has 0 saturated carbocycles. The third-order valence-electron chi connectivity index (χ3n) is 5.32. The summed E-state index contributed by atoms with van der Waals surface area (Å²) in [6.07, 6.45) is 0.476. The number of halogens is 1. The van der Waals surface area contributed by atoms with Gasteiger partial charge in [0, 0.05) is 30.2 Å². The number of aromatic nitrogens is 1. The van der Waals surface area contributed by atoms with Gasteiger partial charge in [-0.05, 0) is 55.9 Å². The molecule has 0 atom stereocenters. The van der Waals surface area contributed by atoms with Gasteiger partial charge in [0.2, 0.25) is 5.91 Å². The van der Waals surface area contributed by atoms with Crippen molar-refractivity contribution in [3.63, 3.8) is 0 Å². The van der Waals surface area contributed by atoms with E-state index in [1.807, 2.05) is 35.2 Å². The number of hydrogen-bond donors (Lipinski definition) is 0. The van der Waals surface area contributed by atoms with Gasteiger partial charge in [-0.1, -0.05) is 37.3 Å². The quantitative estimate of drug-likeness (QED) is 0.311. The Labute approximate surface area is 205 Å². The highest BCUT2D eigenvalue weighted by molar-refractivity contribution is 7.99. The van der Waals surface area contributed by atoms with Crippen LogP contribution in [0.3, 0.4) is 0 Å². The highest BCUT2D eigenvalue weighted by Crippen LogP contribution is 2.31. The van der Waals surface area contributed by atoms with E-state index in [4.69, 9.17) is 9.72 Å². The van der Waals surface area contributed by atoms with Crippen molar-refractivity contribution in [1.29, 1.82) is 0 Å². The standard InChI is InChI=1S/C24H31N3O2S2.ClH/c1-5-26(6-2)15-16-27(24-25-23-18(3)8-7-9-21(23)31-24)22(28)14-17-30-20-12-10-19(29-4)11-13-20;/h7-13H,5-6,14-17H2,1-4H3;1H. The van der Waals surface area contributed by atoms with Crippen molar-refractivity contribution < 1.29 is 9.53 Å². The number of thiazole rings is 1. The molecule has 5 nitrogen and oxygen atoms in total. The first-order chi connectivity index (χ1) is 15.0. The number of carbonyl (C=O) groups is 1. The SMILES string of the molecule is CCN(CC)CCN(C(=O)CCSc1ccc(OC)cc1)c1nc2c(C)cccc2s1.Cl. The molecule has 0 spiro atoms. The van der Waals surface area contributed by atoms with Crippen molar-refractivity contribution in [3.8, 4) is 5.75 Å². The Morgan fingerprint density at radius 3 is 2.44 bits per heavy atom. The molecule has 0 fully saturated rings. The summed E-state index contributed by atoms with van der Waals surface area (Å²) in [6, 6.07) is 14.2. The van der Waals surface area contributed by atoms with E-state index in [2.05, 4.69) is 37.8 Å². The predicted octanol–water partition coefficient (Wildman–Crippen LogP) is 5.89. The molecule has 0 radical (unpaired) electrons. The summed E-state index contributed by atoms with van der Waals surface area (Å²) in [5, 5.41) is 0.802. The van der Waals surface area contributed by atoms with Crippen molar-refractivity contribution in [1.82, 2.24) is 9.88 Å². The van der Waals surface area contributed by atoms with E-state index in [0.717, 1.165) is 56.9 Å². The smallest absolute Gasteiger partial charge is 0.229 e. The van der Waals surface area contributed by atoms with Gasteiger partial charge in [-0.2, -0.15) is 0 Å². The second kappa shape index (κ2) is 13.0. The first kappa shape index (κ1) is 26.5. The van der Waals surface area contributed by atoms with Crippen molar-refractivity contribution >= 4 is 56.8 Å². The summed E-state index contributed by atoms with van der Waals surface area (Å²) in [5.41, 5.74) is 2.14.